The van der Waals surface area contributed by atoms with Gasteiger partial charge in [0.05, 0.1) is 0 Å². The Morgan fingerprint density at radius 2 is 1.94 bits per heavy atom. The van der Waals surface area contributed by atoms with Gasteiger partial charge in [-0.15, -0.1) is 0 Å². The van der Waals surface area contributed by atoms with Gasteiger partial charge in [-0.1, -0.05) is 36.8 Å². The summed E-state index contributed by atoms with van der Waals surface area (Å²) in [6.45, 7) is 1.59. The van der Waals surface area contributed by atoms with E-state index in [0.29, 0.717) is 19.3 Å². The fourth-order valence-corrected chi connectivity index (χ4v) is 3.05. The number of carbonyl (C=O) groups excluding carboxylic acids is 2. The van der Waals surface area contributed by atoms with E-state index in [1.165, 1.54) is 0 Å². The van der Waals surface area contributed by atoms with Crippen molar-refractivity contribution in [2.45, 2.75) is 45.4 Å². The van der Waals surface area contributed by atoms with Crippen molar-refractivity contribution in [1.29, 1.82) is 0 Å². The van der Waals surface area contributed by atoms with Crippen LogP contribution in [-0.2, 0) is 16.0 Å². The molecule has 1 aromatic rings. The first-order valence-electron chi connectivity index (χ1n) is 6.69. The van der Waals surface area contributed by atoms with Crippen molar-refractivity contribution in [3.8, 4) is 0 Å². The molecule has 1 aliphatic carbocycles. The molecule has 1 fully saturated rings. The molecule has 0 radical (unpaired) electrons. The molecule has 0 bridgehead atoms. The molecule has 0 heterocycles. The molecule has 0 saturated heterocycles. The van der Waals surface area contributed by atoms with Crippen molar-refractivity contribution in [2.24, 2.45) is 5.41 Å². The lowest BCUT2D eigenvalue weighted by Crippen LogP contribution is -2.38. The number of hydrogen-bond donors (Lipinski definition) is 0. The highest BCUT2D eigenvalue weighted by molar-refractivity contribution is 5.91. The molecule has 0 aromatic heterocycles. The van der Waals surface area contributed by atoms with Gasteiger partial charge >= 0.3 is 0 Å². The summed E-state index contributed by atoms with van der Waals surface area (Å²) in [5, 5.41) is 0. The van der Waals surface area contributed by atoms with Gasteiger partial charge in [-0.25, -0.2) is 0 Å². The summed E-state index contributed by atoms with van der Waals surface area (Å²) < 4.78 is 0. The number of benzene rings is 1. The molecule has 1 saturated carbocycles. The van der Waals surface area contributed by atoms with Crippen molar-refractivity contribution in [2.75, 3.05) is 0 Å². The van der Waals surface area contributed by atoms with Gasteiger partial charge in [-0.3, -0.25) is 9.59 Å². The average Bonchev–Trinajstić information content (AvgIpc) is 2.33. The van der Waals surface area contributed by atoms with Crippen molar-refractivity contribution in [3.63, 3.8) is 0 Å². The van der Waals surface area contributed by atoms with Crippen LogP contribution in [-0.4, -0.2) is 11.6 Å². The van der Waals surface area contributed by atoms with Crippen LogP contribution < -0.4 is 0 Å². The van der Waals surface area contributed by atoms with E-state index in [4.69, 9.17) is 0 Å². The third-order valence-corrected chi connectivity index (χ3v) is 3.87. The Hall–Kier alpha value is -1.44. The zero-order chi connectivity index (χ0) is 13.0. The zero-order valence-electron chi connectivity index (χ0n) is 10.9. The standard InChI is InChI=1S/C16H20O2/c1-13(17)11-16(10-6-5-9-15(16)18)12-14-7-3-2-4-8-14/h2-4,7-8H,5-6,9-12H2,1H3/t16-/m1/s1. The van der Waals surface area contributed by atoms with Gasteiger partial charge in [-0.05, 0) is 31.7 Å². The summed E-state index contributed by atoms with van der Waals surface area (Å²) in [7, 11) is 0. The van der Waals surface area contributed by atoms with E-state index in [1.54, 1.807) is 6.92 Å². The van der Waals surface area contributed by atoms with Gasteiger partial charge < -0.3 is 0 Å². The molecular weight excluding hydrogens is 224 g/mol. The van der Waals surface area contributed by atoms with Crippen LogP contribution in [0, 0.1) is 5.41 Å². The lowest BCUT2D eigenvalue weighted by Gasteiger charge is -2.35. The third kappa shape index (κ3) is 2.87. The van der Waals surface area contributed by atoms with Gasteiger partial charge in [0.2, 0.25) is 0 Å². The molecule has 0 aliphatic heterocycles. The molecule has 1 atom stereocenters. The summed E-state index contributed by atoms with van der Waals surface area (Å²) in [6, 6.07) is 10.0. The van der Waals surface area contributed by atoms with Gasteiger partial charge in [0.1, 0.15) is 11.6 Å². The fraction of sp³-hybridized carbons (Fsp3) is 0.500. The smallest absolute Gasteiger partial charge is 0.139 e. The minimum Gasteiger partial charge on any atom is -0.300 e. The Kier molecular flexibility index (Phi) is 3.95. The summed E-state index contributed by atoms with van der Waals surface area (Å²) >= 11 is 0. The molecule has 2 heteroatoms. The second-order valence-electron chi connectivity index (χ2n) is 5.45. The highest BCUT2D eigenvalue weighted by Crippen LogP contribution is 2.39. The van der Waals surface area contributed by atoms with E-state index < -0.39 is 5.41 Å². The monoisotopic (exact) mass is 244 g/mol. The molecule has 0 N–H and O–H groups in total. The van der Waals surface area contributed by atoms with E-state index in [2.05, 4.69) is 0 Å². The van der Waals surface area contributed by atoms with Crippen molar-refractivity contribution in [3.05, 3.63) is 35.9 Å². The van der Waals surface area contributed by atoms with Crippen LogP contribution in [0.1, 0.15) is 44.6 Å². The zero-order valence-corrected chi connectivity index (χ0v) is 10.9. The topological polar surface area (TPSA) is 34.1 Å². The Balaban J connectivity index is 2.24. The van der Waals surface area contributed by atoms with E-state index >= 15 is 0 Å². The van der Waals surface area contributed by atoms with Crippen molar-refractivity contribution >= 4 is 11.6 Å². The maximum Gasteiger partial charge on any atom is 0.139 e. The summed E-state index contributed by atoms with van der Waals surface area (Å²) in [4.78, 5) is 23.8. The molecular formula is C16H20O2. The number of ketones is 2. The summed E-state index contributed by atoms with van der Waals surface area (Å²) in [5.41, 5.74) is 0.736. The van der Waals surface area contributed by atoms with Gasteiger partial charge in [-0.2, -0.15) is 0 Å². The lowest BCUT2D eigenvalue weighted by atomic mass is 9.67. The Morgan fingerprint density at radius 3 is 2.56 bits per heavy atom. The van der Waals surface area contributed by atoms with Crippen LogP contribution in [0.3, 0.4) is 0 Å². The second-order valence-corrected chi connectivity index (χ2v) is 5.45. The molecule has 0 amide bonds. The summed E-state index contributed by atoms with van der Waals surface area (Å²) in [5.74, 6) is 0.411. The first kappa shape index (κ1) is 13.0. The van der Waals surface area contributed by atoms with Crippen LogP contribution in [0.15, 0.2) is 30.3 Å². The van der Waals surface area contributed by atoms with E-state index in [0.717, 1.165) is 24.8 Å². The average molecular weight is 244 g/mol. The molecule has 0 spiro atoms. The van der Waals surface area contributed by atoms with Crippen LogP contribution in [0.25, 0.3) is 0 Å². The highest BCUT2D eigenvalue weighted by atomic mass is 16.1. The fourth-order valence-electron chi connectivity index (χ4n) is 3.05. The number of carbonyl (C=O) groups is 2. The van der Waals surface area contributed by atoms with Gasteiger partial charge in [0.15, 0.2) is 0 Å². The van der Waals surface area contributed by atoms with Gasteiger partial charge in [0.25, 0.3) is 0 Å². The van der Waals surface area contributed by atoms with E-state index in [9.17, 15) is 9.59 Å². The van der Waals surface area contributed by atoms with Crippen LogP contribution >= 0.6 is 0 Å². The van der Waals surface area contributed by atoms with Gasteiger partial charge in [0, 0.05) is 18.3 Å². The minimum absolute atomic E-state index is 0.126. The van der Waals surface area contributed by atoms with Crippen molar-refractivity contribution < 1.29 is 9.59 Å². The number of rotatable bonds is 4. The first-order valence-corrected chi connectivity index (χ1v) is 6.69. The SMILES string of the molecule is CC(=O)C[C@@]1(Cc2ccccc2)CCCCC1=O. The van der Waals surface area contributed by atoms with Crippen molar-refractivity contribution in [1.82, 2.24) is 0 Å². The molecule has 2 nitrogen and oxygen atoms in total. The normalized spacial score (nSPS) is 23.9. The minimum atomic E-state index is -0.425. The number of Topliss-reactive ketones (excluding diaryl/α,β-unsaturated/α-hetero) is 2. The van der Waals surface area contributed by atoms with E-state index in [1.807, 2.05) is 30.3 Å². The molecule has 1 aromatic carbocycles. The number of hydrogen-bond acceptors (Lipinski definition) is 2. The first-order chi connectivity index (χ1) is 8.62. The molecule has 96 valence electrons. The molecule has 2 rings (SSSR count). The Labute approximate surface area is 108 Å². The predicted molar refractivity (Wildman–Crippen MR) is 71.4 cm³/mol. The second kappa shape index (κ2) is 5.47. The molecule has 1 aliphatic rings. The molecule has 0 unspecified atom stereocenters. The molecule has 18 heavy (non-hydrogen) atoms. The lowest BCUT2D eigenvalue weighted by molar-refractivity contribution is -0.136. The van der Waals surface area contributed by atoms with Crippen LogP contribution in [0.2, 0.25) is 0 Å². The maximum absolute atomic E-state index is 12.3. The van der Waals surface area contributed by atoms with Crippen LogP contribution in [0.4, 0.5) is 0 Å². The Bertz CT molecular complexity index is 436. The maximum atomic E-state index is 12.3. The van der Waals surface area contributed by atoms with E-state index in [-0.39, 0.29) is 11.6 Å². The largest absolute Gasteiger partial charge is 0.300 e. The van der Waals surface area contributed by atoms with Crippen LogP contribution in [0.5, 0.6) is 0 Å². The Morgan fingerprint density at radius 1 is 1.22 bits per heavy atom. The predicted octanol–water partition coefficient (Wildman–Crippen LogP) is 3.34. The quantitative estimate of drug-likeness (QED) is 0.814. The highest BCUT2D eigenvalue weighted by Gasteiger charge is 2.40. The summed E-state index contributed by atoms with van der Waals surface area (Å²) in [6.07, 6.45) is 4.66. The third-order valence-electron chi connectivity index (χ3n) is 3.87.